The largest absolute Gasteiger partial charge is 0.491 e. The summed E-state index contributed by atoms with van der Waals surface area (Å²) < 4.78 is 5.88. The third kappa shape index (κ3) is 6.13. The molecule has 0 radical (unpaired) electrons. The summed E-state index contributed by atoms with van der Waals surface area (Å²) in [6, 6.07) is 25.4. The molecule has 2 aliphatic rings. The van der Waals surface area contributed by atoms with Gasteiger partial charge in [0.2, 0.25) is 0 Å². The predicted octanol–water partition coefficient (Wildman–Crippen LogP) is 4.79. The van der Waals surface area contributed by atoms with Crippen molar-refractivity contribution in [2.24, 2.45) is 0 Å². The molecule has 2 aliphatic heterocycles. The normalized spacial score (nSPS) is 16.5. The SMILES string of the molecule is C=C1C=Cc2cc(OC[C@@H](O)CN3CCN(c4ccc(Cc5ccccc5)cc4)CC3)ccc2N1. The maximum atomic E-state index is 10.6. The fraction of sp³-hybridized carbons (Fsp3) is 0.267. The number of aliphatic hydroxyl groups excluding tert-OH is 1. The van der Waals surface area contributed by atoms with Gasteiger partial charge in [0.05, 0.1) is 0 Å². The lowest BCUT2D eigenvalue weighted by atomic mass is 10.0. The molecule has 180 valence electrons. The van der Waals surface area contributed by atoms with Gasteiger partial charge in [-0.05, 0) is 54.0 Å². The van der Waals surface area contributed by atoms with Gasteiger partial charge in [0.1, 0.15) is 18.5 Å². The maximum absolute atomic E-state index is 10.6. The molecule has 0 unspecified atom stereocenters. The number of fused-ring (bicyclic) bond motifs is 1. The van der Waals surface area contributed by atoms with Gasteiger partial charge in [-0.1, -0.05) is 55.1 Å². The van der Waals surface area contributed by atoms with Crippen molar-refractivity contribution in [1.29, 1.82) is 0 Å². The third-order valence-corrected chi connectivity index (χ3v) is 6.62. The van der Waals surface area contributed by atoms with E-state index < -0.39 is 6.10 Å². The number of β-amino-alcohol motifs (C(OH)–C–C–N with tert-alkyl or cyclic N) is 1. The van der Waals surface area contributed by atoms with Crippen molar-refractivity contribution in [2.45, 2.75) is 12.5 Å². The number of nitrogens with one attached hydrogen (secondary N) is 1. The summed E-state index contributed by atoms with van der Waals surface area (Å²) in [6.45, 7) is 8.61. The van der Waals surface area contributed by atoms with E-state index in [-0.39, 0.29) is 6.61 Å². The van der Waals surface area contributed by atoms with Crippen molar-refractivity contribution in [3.63, 3.8) is 0 Å². The summed E-state index contributed by atoms with van der Waals surface area (Å²) in [5.41, 5.74) is 6.90. The highest BCUT2D eigenvalue weighted by Crippen LogP contribution is 2.28. The van der Waals surface area contributed by atoms with Crippen LogP contribution in [-0.4, -0.2) is 55.4 Å². The Morgan fingerprint density at radius 1 is 0.886 bits per heavy atom. The van der Waals surface area contributed by atoms with Crippen LogP contribution in [0, 0.1) is 0 Å². The topological polar surface area (TPSA) is 48.0 Å². The Balaban J connectivity index is 1.06. The zero-order valence-corrected chi connectivity index (χ0v) is 20.1. The van der Waals surface area contributed by atoms with Crippen molar-refractivity contribution in [3.05, 3.63) is 108 Å². The monoisotopic (exact) mass is 467 g/mol. The molecule has 0 saturated carbocycles. The molecule has 1 fully saturated rings. The van der Waals surface area contributed by atoms with Crippen LogP contribution in [0.1, 0.15) is 16.7 Å². The minimum absolute atomic E-state index is 0.283. The Kier molecular flexibility index (Phi) is 7.17. The third-order valence-electron chi connectivity index (χ3n) is 6.62. The first-order valence-corrected chi connectivity index (χ1v) is 12.3. The highest BCUT2D eigenvalue weighted by Gasteiger charge is 2.20. The van der Waals surface area contributed by atoms with E-state index in [4.69, 9.17) is 4.74 Å². The van der Waals surface area contributed by atoms with Crippen LogP contribution in [0.3, 0.4) is 0 Å². The van der Waals surface area contributed by atoms with E-state index in [0.717, 1.165) is 55.3 Å². The van der Waals surface area contributed by atoms with E-state index in [0.29, 0.717) is 6.54 Å². The van der Waals surface area contributed by atoms with Gasteiger partial charge in [-0.3, -0.25) is 4.90 Å². The first-order chi connectivity index (χ1) is 17.1. The van der Waals surface area contributed by atoms with Crippen molar-refractivity contribution in [3.8, 4) is 5.75 Å². The molecule has 5 rings (SSSR count). The van der Waals surface area contributed by atoms with E-state index >= 15 is 0 Å². The van der Waals surface area contributed by atoms with E-state index in [1.807, 2.05) is 30.4 Å². The summed E-state index contributed by atoms with van der Waals surface area (Å²) in [6.07, 6.45) is 4.40. The van der Waals surface area contributed by atoms with Crippen LogP contribution in [0.4, 0.5) is 11.4 Å². The summed E-state index contributed by atoms with van der Waals surface area (Å²) in [7, 11) is 0. The lowest BCUT2D eigenvalue weighted by molar-refractivity contribution is 0.0663. The van der Waals surface area contributed by atoms with Crippen LogP contribution in [-0.2, 0) is 6.42 Å². The summed E-state index contributed by atoms with van der Waals surface area (Å²) >= 11 is 0. The number of hydrogen-bond donors (Lipinski definition) is 2. The van der Waals surface area contributed by atoms with Gasteiger partial charge in [0.25, 0.3) is 0 Å². The second kappa shape index (κ2) is 10.8. The number of piperazine rings is 1. The number of rotatable bonds is 8. The molecule has 0 amide bonds. The van der Waals surface area contributed by atoms with E-state index in [1.54, 1.807) is 0 Å². The molecule has 2 heterocycles. The molecule has 3 aromatic rings. The fourth-order valence-electron chi connectivity index (χ4n) is 4.68. The Hall–Kier alpha value is -3.54. The molecule has 0 bridgehead atoms. The lowest BCUT2D eigenvalue weighted by Gasteiger charge is -2.37. The van der Waals surface area contributed by atoms with Crippen molar-refractivity contribution in [1.82, 2.24) is 4.90 Å². The minimum atomic E-state index is -0.525. The molecule has 5 heteroatoms. The Labute approximate surface area is 208 Å². The predicted molar refractivity (Wildman–Crippen MR) is 144 cm³/mol. The second-order valence-corrected chi connectivity index (χ2v) is 9.31. The van der Waals surface area contributed by atoms with Gasteiger partial charge in [-0.15, -0.1) is 0 Å². The number of ether oxygens (including phenoxy) is 1. The van der Waals surface area contributed by atoms with Crippen LogP contribution in [0.2, 0.25) is 0 Å². The number of nitrogens with zero attached hydrogens (tertiary/aromatic N) is 2. The van der Waals surface area contributed by atoms with Gasteiger partial charge in [0.15, 0.2) is 0 Å². The van der Waals surface area contributed by atoms with Crippen molar-refractivity contribution < 1.29 is 9.84 Å². The molecule has 2 N–H and O–H groups in total. The molecule has 0 spiro atoms. The zero-order chi connectivity index (χ0) is 24.0. The van der Waals surface area contributed by atoms with Gasteiger partial charge in [-0.25, -0.2) is 0 Å². The van der Waals surface area contributed by atoms with Gasteiger partial charge in [0, 0.05) is 55.4 Å². The maximum Gasteiger partial charge on any atom is 0.120 e. The fourth-order valence-corrected chi connectivity index (χ4v) is 4.68. The molecule has 0 aromatic heterocycles. The number of allylic oxidation sites excluding steroid dienone is 1. The van der Waals surface area contributed by atoms with E-state index in [1.165, 1.54) is 16.8 Å². The Morgan fingerprint density at radius 3 is 2.40 bits per heavy atom. The molecule has 5 nitrogen and oxygen atoms in total. The van der Waals surface area contributed by atoms with Gasteiger partial charge >= 0.3 is 0 Å². The van der Waals surface area contributed by atoms with E-state index in [9.17, 15) is 5.11 Å². The molecular formula is C30H33N3O2. The lowest BCUT2D eigenvalue weighted by Crippen LogP contribution is -2.49. The summed E-state index contributed by atoms with van der Waals surface area (Å²) in [5.74, 6) is 0.766. The smallest absolute Gasteiger partial charge is 0.120 e. The number of benzene rings is 3. The Morgan fingerprint density at radius 2 is 1.63 bits per heavy atom. The van der Waals surface area contributed by atoms with Crippen LogP contribution in [0.25, 0.3) is 6.08 Å². The molecule has 1 saturated heterocycles. The van der Waals surface area contributed by atoms with Crippen LogP contribution in [0.15, 0.2) is 91.1 Å². The average Bonchev–Trinajstić information content (AvgIpc) is 2.89. The quantitative estimate of drug-likeness (QED) is 0.499. The number of hydrogen-bond acceptors (Lipinski definition) is 5. The molecular weight excluding hydrogens is 434 g/mol. The molecule has 3 aromatic carbocycles. The summed E-state index contributed by atoms with van der Waals surface area (Å²) in [4.78, 5) is 4.74. The van der Waals surface area contributed by atoms with Crippen LogP contribution >= 0.6 is 0 Å². The van der Waals surface area contributed by atoms with E-state index in [2.05, 4.69) is 76.3 Å². The average molecular weight is 468 g/mol. The zero-order valence-electron chi connectivity index (χ0n) is 20.1. The van der Waals surface area contributed by atoms with Crippen LogP contribution < -0.4 is 15.0 Å². The first-order valence-electron chi connectivity index (χ1n) is 12.3. The van der Waals surface area contributed by atoms with Crippen molar-refractivity contribution in [2.75, 3.05) is 49.5 Å². The number of aliphatic hydroxyl groups is 1. The van der Waals surface area contributed by atoms with Gasteiger partial charge < -0.3 is 20.1 Å². The highest BCUT2D eigenvalue weighted by atomic mass is 16.5. The Bertz CT molecular complexity index is 1170. The number of anilines is 2. The molecule has 1 atom stereocenters. The highest BCUT2D eigenvalue weighted by molar-refractivity contribution is 5.75. The van der Waals surface area contributed by atoms with Gasteiger partial charge in [-0.2, -0.15) is 0 Å². The molecule has 35 heavy (non-hydrogen) atoms. The summed E-state index contributed by atoms with van der Waals surface area (Å²) in [5, 5.41) is 13.8. The van der Waals surface area contributed by atoms with Crippen molar-refractivity contribution >= 4 is 17.5 Å². The first kappa shape index (κ1) is 23.2. The second-order valence-electron chi connectivity index (χ2n) is 9.31. The molecule has 0 aliphatic carbocycles. The van der Waals surface area contributed by atoms with Crippen LogP contribution in [0.5, 0.6) is 5.75 Å². The standard InChI is InChI=1S/C30H33N3O2/c1-23-7-10-26-20-29(13-14-30(26)31-23)35-22-28(34)21-32-15-17-33(18-16-32)27-11-8-25(9-12-27)19-24-5-3-2-4-6-24/h2-14,20,28,31,34H,1,15-19,21-22H2/t28-/m0/s1. The minimum Gasteiger partial charge on any atom is -0.491 e.